The van der Waals surface area contributed by atoms with Crippen molar-refractivity contribution in [2.24, 2.45) is 11.7 Å². The van der Waals surface area contributed by atoms with E-state index in [0.29, 0.717) is 12.5 Å². The van der Waals surface area contributed by atoms with Gasteiger partial charge < -0.3 is 11.1 Å². The van der Waals surface area contributed by atoms with E-state index in [-0.39, 0.29) is 0 Å². The standard InChI is InChI=1S/C14H24N6OS/c15-14(21)16-7-12-9-20(18-17-12)8-11-1-4-19(5-2-11)13-3-6-22-10-13/h9,11,13H,1-8,10H2,(H3,15,16,21)/t13-/m1/s1. The van der Waals surface area contributed by atoms with Gasteiger partial charge in [-0.1, -0.05) is 5.21 Å². The third-order valence-electron chi connectivity index (χ3n) is 4.55. The highest BCUT2D eigenvalue weighted by Gasteiger charge is 2.27. The Hall–Kier alpha value is -1.28. The van der Waals surface area contributed by atoms with Crippen LogP contribution in [-0.2, 0) is 13.1 Å². The van der Waals surface area contributed by atoms with E-state index >= 15 is 0 Å². The van der Waals surface area contributed by atoms with E-state index in [4.69, 9.17) is 5.73 Å². The van der Waals surface area contributed by atoms with E-state index < -0.39 is 6.03 Å². The van der Waals surface area contributed by atoms with Crippen molar-refractivity contribution >= 4 is 17.8 Å². The lowest BCUT2D eigenvalue weighted by molar-refractivity contribution is 0.134. The molecule has 2 saturated heterocycles. The van der Waals surface area contributed by atoms with E-state index in [1.807, 2.05) is 10.9 Å². The summed E-state index contributed by atoms with van der Waals surface area (Å²) in [7, 11) is 0. The second kappa shape index (κ2) is 7.32. The Labute approximate surface area is 135 Å². The third-order valence-corrected chi connectivity index (χ3v) is 5.69. The van der Waals surface area contributed by atoms with Crippen molar-refractivity contribution in [1.29, 1.82) is 0 Å². The number of likely N-dealkylation sites (tertiary alicyclic amines) is 1. The van der Waals surface area contributed by atoms with Gasteiger partial charge in [-0.05, 0) is 44.0 Å². The lowest BCUT2D eigenvalue weighted by Crippen LogP contribution is -2.42. The zero-order valence-electron chi connectivity index (χ0n) is 12.8. The first-order chi connectivity index (χ1) is 10.7. The van der Waals surface area contributed by atoms with Gasteiger partial charge in [0.1, 0.15) is 5.69 Å². The Morgan fingerprint density at radius 2 is 2.23 bits per heavy atom. The predicted octanol–water partition coefficient (Wildman–Crippen LogP) is 0.664. The van der Waals surface area contributed by atoms with Crippen molar-refractivity contribution in [1.82, 2.24) is 25.2 Å². The quantitative estimate of drug-likeness (QED) is 0.831. The van der Waals surface area contributed by atoms with Crippen LogP contribution in [0.2, 0.25) is 0 Å². The van der Waals surface area contributed by atoms with Gasteiger partial charge in [0.25, 0.3) is 0 Å². The highest BCUT2D eigenvalue weighted by molar-refractivity contribution is 7.99. The fourth-order valence-electron chi connectivity index (χ4n) is 3.26. The van der Waals surface area contributed by atoms with Gasteiger partial charge in [-0.2, -0.15) is 11.8 Å². The molecule has 0 bridgehead atoms. The second-order valence-electron chi connectivity index (χ2n) is 6.15. The average molecular weight is 324 g/mol. The first-order valence-corrected chi connectivity index (χ1v) is 9.10. The largest absolute Gasteiger partial charge is 0.352 e. The Bertz CT molecular complexity index is 493. The monoisotopic (exact) mass is 324 g/mol. The molecule has 2 fully saturated rings. The second-order valence-corrected chi connectivity index (χ2v) is 7.30. The first-order valence-electron chi connectivity index (χ1n) is 7.95. The molecule has 122 valence electrons. The van der Waals surface area contributed by atoms with Crippen LogP contribution in [0.3, 0.4) is 0 Å². The molecule has 3 N–H and O–H groups in total. The molecule has 1 aromatic rings. The molecular formula is C14H24N6OS. The van der Waals surface area contributed by atoms with E-state index in [0.717, 1.165) is 18.3 Å². The first kappa shape index (κ1) is 15.6. The number of nitrogens with two attached hydrogens (primary N) is 1. The SMILES string of the molecule is NC(=O)NCc1cn(CC2CCN([C@@H]3CCSC3)CC2)nn1. The van der Waals surface area contributed by atoms with Crippen LogP contribution in [0.25, 0.3) is 0 Å². The number of thioether (sulfide) groups is 1. The van der Waals surface area contributed by atoms with Crippen molar-refractivity contribution in [2.45, 2.75) is 38.4 Å². The number of primary amides is 1. The summed E-state index contributed by atoms with van der Waals surface area (Å²) in [5, 5.41) is 10.7. The lowest BCUT2D eigenvalue weighted by atomic mass is 9.95. The summed E-state index contributed by atoms with van der Waals surface area (Å²) in [6, 6.07) is 0.274. The highest BCUT2D eigenvalue weighted by atomic mass is 32.2. The van der Waals surface area contributed by atoms with Gasteiger partial charge in [0.05, 0.1) is 12.7 Å². The van der Waals surface area contributed by atoms with Crippen molar-refractivity contribution in [3.63, 3.8) is 0 Å². The summed E-state index contributed by atoms with van der Waals surface area (Å²) in [6.07, 6.45) is 5.72. The number of carbonyl (C=O) groups excluding carboxylic acids is 1. The van der Waals surface area contributed by atoms with Gasteiger partial charge in [0.2, 0.25) is 0 Å². The summed E-state index contributed by atoms with van der Waals surface area (Å²) < 4.78 is 1.89. The molecule has 3 heterocycles. The predicted molar refractivity (Wildman–Crippen MR) is 86.5 cm³/mol. The summed E-state index contributed by atoms with van der Waals surface area (Å²) >= 11 is 2.09. The van der Waals surface area contributed by atoms with Crippen molar-refractivity contribution in [3.05, 3.63) is 11.9 Å². The topological polar surface area (TPSA) is 89.1 Å². The fraction of sp³-hybridized carbons (Fsp3) is 0.786. The van der Waals surface area contributed by atoms with Crippen LogP contribution in [0.4, 0.5) is 4.79 Å². The number of hydrogen-bond acceptors (Lipinski definition) is 5. The Morgan fingerprint density at radius 3 is 2.91 bits per heavy atom. The molecule has 1 aromatic heterocycles. The van der Waals surface area contributed by atoms with E-state index in [1.54, 1.807) is 0 Å². The number of nitrogens with one attached hydrogen (secondary N) is 1. The number of nitrogens with zero attached hydrogens (tertiary/aromatic N) is 4. The van der Waals surface area contributed by atoms with Crippen molar-refractivity contribution < 1.29 is 4.79 Å². The van der Waals surface area contributed by atoms with E-state index in [1.165, 1.54) is 43.9 Å². The number of urea groups is 1. The molecule has 8 heteroatoms. The molecule has 3 rings (SSSR count). The number of piperidine rings is 1. The highest BCUT2D eigenvalue weighted by Crippen LogP contribution is 2.27. The molecule has 0 spiro atoms. The van der Waals surface area contributed by atoms with Crippen molar-refractivity contribution in [2.75, 3.05) is 24.6 Å². The molecule has 0 aromatic carbocycles. The van der Waals surface area contributed by atoms with Crippen LogP contribution in [0.15, 0.2) is 6.20 Å². The normalized spacial score (nSPS) is 23.7. The number of aromatic nitrogens is 3. The Morgan fingerprint density at radius 1 is 1.41 bits per heavy atom. The number of amides is 2. The van der Waals surface area contributed by atoms with Crippen LogP contribution in [0.5, 0.6) is 0 Å². The van der Waals surface area contributed by atoms with Crippen LogP contribution >= 0.6 is 11.8 Å². The van der Waals surface area contributed by atoms with Gasteiger partial charge in [-0.3, -0.25) is 9.58 Å². The fourth-order valence-corrected chi connectivity index (χ4v) is 4.52. The maximum absolute atomic E-state index is 10.7. The van der Waals surface area contributed by atoms with Gasteiger partial charge in [-0.25, -0.2) is 4.79 Å². The Kier molecular flexibility index (Phi) is 5.20. The number of hydrogen-bond donors (Lipinski definition) is 2. The smallest absolute Gasteiger partial charge is 0.312 e. The molecule has 7 nitrogen and oxygen atoms in total. The van der Waals surface area contributed by atoms with Crippen LogP contribution < -0.4 is 11.1 Å². The summed E-state index contributed by atoms with van der Waals surface area (Å²) in [5.74, 6) is 3.30. The maximum Gasteiger partial charge on any atom is 0.312 e. The lowest BCUT2D eigenvalue weighted by Gasteiger charge is -2.35. The molecule has 0 aliphatic carbocycles. The molecule has 2 aliphatic rings. The van der Waals surface area contributed by atoms with Crippen LogP contribution in [-0.4, -0.2) is 56.6 Å². The molecule has 22 heavy (non-hydrogen) atoms. The number of rotatable bonds is 5. The molecular weight excluding hydrogens is 300 g/mol. The Balaban J connectivity index is 1.43. The van der Waals surface area contributed by atoms with E-state index in [9.17, 15) is 4.79 Å². The van der Waals surface area contributed by atoms with Gasteiger partial charge >= 0.3 is 6.03 Å². The summed E-state index contributed by atoms with van der Waals surface area (Å²) in [4.78, 5) is 13.4. The summed E-state index contributed by atoms with van der Waals surface area (Å²) in [6.45, 7) is 3.67. The van der Waals surface area contributed by atoms with E-state index in [2.05, 4.69) is 32.3 Å². The zero-order chi connectivity index (χ0) is 15.4. The van der Waals surface area contributed by atoms with Crippen LogP contribution in [0, 0.1) is 5.92 Å². The molecule has 2 amide bonds. The minimum Gasteiger partial charge on any atom is -0.352 e. The van der Waals surface area contributed by atoms with Crippen molar-refractivity contribution in [3.8, 4) is 0 Å². The summed E-state index contributed by atoms with van der Waals surface area (Å²) in [5.41, 5.74) is 5.80. The molecule has 0 unspecified atom stereocenters. The van der Waals surface area contributed by atoms with Crippen LogP contribution in [0.1, 0.15) is 25.0 Å². The minimum absolute atomic E-state index is 0.340. The molecule has 0 saturated carbocycles. The third kappa shape index (κ3) is 4.13. The zero-order valence-corrected chi connectivity index (χ0v) is 13.6. The number of carbonyl (C=O) groups is 1. The molecule has 1 atom stereocenters. The van der Waals surface area contributed by atoms with Gasteiger partial charge in [-0.15, -0.1) is 5.10 Å². The van der Waals surface area contributed by atoms with Gasteiger partial charge in [0, 0.05) is 18.3 Å². The average Bonchev–Trinajstić information content (AvgIpc) is 3.17. The molecule has 2 aliphatic heterocycles. The molecule has 0 radical (unpaired) electrons. The van der Waals surface area contributed by atoms with Gasteiger partial charge in [0.15, 0.2) is 0 Å². The minimum atomic E-state index is -0.535. The maximum atomic E-state index is 10.7.